The molecule has 1 heterocycles. The summed E-state index contributed by atoms with van der Waals surface area (Å²) in [5, 5.41) is 2.74. The predicted molar refractivity (Wildman–Crippen MR) is 73.3 cm³/mol. The van der Waals surface area contributed by atoms with Gasteiger partial charge in [0.1, 0.15) is 17.4 Å². The monoisotopic (exact) mass is 278 g/mol. The Hall–Kier alpha value is -1.91. The van der Waals surface area contributed by atoms with Crippen LogP contribution in [-0.4, -0.2) is 28.3 Å². The van der Waals surface area contributed by atoms with Crippen LogP contribution in [0.3, 0.4) is 0 Å². The zero-order chi connectivity index (χ0) is 14.9. The molecular formula is C15H19FN2O2. The number of benzene rings is 1. The number of halogens is 1. The average molecular weight is 278 g/mol. The lowest BCUT2D eigenvalue weighted by Gasteiger charge is -2.44. The summed E-state index contributed by atoms with van der Waals surface area (Å²) in [5.74, 6) is -0.574. The van der Waals surface area contributed by atoms with E-state index in [4.69, 9.17) is 0 Å². The van der Waals surface area contributed by atoms with Gasteiger partial charge in [-0.25, -0.2) is 4.39 Å². The smallest absolute Gasteiger partial charge is 0.246 e. The topological polar surface area (TPSA) is 49.4 Å². The van der Waals surface area contributed by atoms with Crippen LogP contribution in [0.2, 0.25) is 0 Å². The van der Waals surface area contributed by atoms with Crippen molar-refractivity contribution in [3.05, 3.63) is 35.6 Å². The first-order valence-corrected chi connectivity index (χ1v) is 6.73. The van der Waals surface area contributed by atoms with E-state index in [1.165, 1.54) is 12.1 Å². The Bertz CT molecular complexity index is 525. The van der Waals surface area contributed by atoms with Gasteiger partial charge in [-0.05, 0) is 38.0 Å². The molecule has 2 amide bonds. The molecular weight excluding hydrogens is 259 g/mol. The number of carbonyl (C=O) groups excluding carboxylic acids is 2. The van der Waals surface area contributed by atoms with Gasteiger partial charge in [0.2, 0.25) is 11.8 Å². The maximum absolute atomic E-state index is 12.9. The number of hydrogen-bond donors (Lipinski definition) is 1. The van der Waals surface area contributed by atoms with E-state index in [0.29, 0.717) is 13.0 Å². The summed E-state index contributed by atoms with van der Waals surface area (Å²) < 4.78 is 12.9. The number of rotatable bonds is 3. The van der Waals surface area contributed by atoms with Crippen LogP contribution in [0.5, 0.6) is 0 Å². The third-order valence-electron chi connectivity index (χ3n) is 3.76. The minimum Gasteiger partial charge on any atom is -0.342 e. The molecule has 1 aliphatic rings. The maximum Gasteiger partial charge on any atom is 0.246 e. The van der Waals surface area contributed by atoms with Crippen LogP contribution in [0.4, 0.5) is 4.39 Å². The van der Waals surface area contributed by atoms with Crippen LogP contribution in [0.1, 0.15) is 32.8 Å². The van der Waals surface area contributed by atoms with Crippen molar-refractivity contribution in [2.45, 2.75) is 45.3 Å². The van der Waals surface area contributed by atoms with Crippen LogP contribution in [-0.2, 0) is 16.1 Å². The van der Waals surface area contributed by atoms with E-state index >= 15 is 0 Å². The normalized spacial score (nSPS) is 21.8. The van der Waals surface area contributed by atoms with Gasteiger partial charge in [0.15, 0.2) is 0 Å². The second kappa shape index (κ2) is 5.23. The SMILES string of the molecule is CCC1NC(=O)C(C)(C)N(Cc2ccc(F)cc2)C1=O. The third kappa shape index (κ3) is 2.53. The van der Waals surface area contributed by atoms with E-state index in [9.17, 15) is 14.0 Å². The highest BCUT2D eigenvalue weighted by atomic mass is 19.1. The lowest BCUT2D eigenvalue weighted by atomic mass is 9.94. The van der Waals surface area contributed by atoms with Crippen LogP contribution >= 0.6 is 0 Å². The van der Waals surface area contributed by atoms with Gasteiger partial charge in [-0.3, -0.25) is 9.59 Å². The highest BCUT2D eigenvalue weighted by Gasteiger charge is 2.45. The summed E-state index contributed by atoms with van der Waals surface area (Å²) in [6, 6.07) is 5.50. The molecule has 0 aliphatic carbocycles. The minimum atomic E-state index is -0.906. The van der Waals surface area contributed by atoms with Gasteiger partial charge >= 0.3 is 0 Å². The molecule has 2 rings (SSSR count). The van der Waals surface area contributed by atoms with Crippen LogP contribution in [0.25, 0.3) is 0 Å². The molecule has 0 bridgehead atoms. The number of amides is 2. The van der Waals surface area contributed by atoms with Crippen molar-refractivity contribution in [3.63, 3.8) is 0 Å². The van der Waals surface area contributed by atoms with E-state index in [1.54, 1.807) is 30.9 Å². The standard InChI is InChI=1S/C15H19FN2O2/c1-4-12-13(19)18(15(2,3)14(20)17-12)9-10-5-7-11(16)8-6-10/h5-8,12H,4,9H2,1-3H3,(H,17,20). The second-order valence-electron chi connectivity index (χ2n) is 5.54. The van der Waals surface area contributed by atoms with E-state index in [-0.39, 0.29) is 17.6 Å². The van der Waals surface area contributed by atoms with Crippen molar-refractivity contribution in [1.82, 2.24) is 10.2 Å². The second-order valence-corrected chi connectivity index (χ2v) is 5.54. The Morgan fingerprint density at radius 3 is 2.40 bits per heavy atom. The lowest BCUT2D eigenvalue weighted by molar-refractivity contribution is -0.156. The highest BCUT2D eigenvalue weighted by Crippen LogP contribution is 2.24. The fourth-order valence-corrected chi connectivity index (χ4v) is 2.31. The number of piperazine rings is 1. The predicted octanol–water partition coefficient (Wildman–Crippen LogP) is 1.84. The van der Waals surface area contributed by atoms with E-state index in [1.807, 2.05) is 6.92 Å². The first kappa shape index (κ1) is 14.5. The summed E-state index contributed by atoms with van der Waals surface area (Å²) in [5.41, 5.74) is -0.102. The first-order chi connectivity index (χ1) is 9.36. The molecule has 1 aromatic carbocycles. The molecule has 0 spiro atoms. The van der Waals surface area contributed by atoms with Gasteiger partial charge in [0.25, 0.3) is 0 Å². The Balaban J connectivity index is 2.27. The molecule has 1 aliphatic heterocycles. The fourth-order valence-electron chi connectivity index (χ4n) is 2.31. The fraction of sp³-hybridized carbons (Fsp3) is 0.467. The Morgan fingerprint density at radius 1 is 1.25 bits per heavy atom. The molecule has 20 heavy (non-hydrogen) atoms. The van der Waals surface area contributed by atoms with E-state index < -0.39 is 11.6 Å². The molecule has 1 unspecified atom stereocenters. The number of nitrogens with zero attached hydrogens (tertiary/aromatic N) is 1. The lowest BCUT2D eigenvalue weighted by Crippen LogP contribution is -2.67. The van der Waals surface area contributed by atoms with E-state index in [2.05, 4.69) is 5.32 Å². The molecule has 108 valence electrons. The van der Waals surface area contributed by atoms with Crippen molar-refractivity contribution in [1.29, 1.82) is 0 Å². The molecule has 1 fully saturated rings. The Kier molecular flexibility index (Phi) is 3.79. The number of nitrogens with one attached hydrogen (secondary N) is 1. The zero-order valence-corrected chi connectivity index (χ0v) is 11.9. The molecule has 0 saturated carbocycles. The third-order valence-corrected chi connectivity index (χ3v) is 3.76. The van der Waals surface area contributed by atoms with Gasteiger partial charge in [0.05, 0.1) is 0 Å². The van der Waals surface area contributed by atoms with Crippen LogP contribution in [0, 0.1) is 5.82 Å². The van der Waals surface area contributed by atoms with Gasteiger partial charge in [-0.15, -0.1) is 0 Å². The van der Waals surface area contributed by atoms with Crippen molar-refractivity contribution in [2.24, 2.45) is 0 Å². The maximum atomic E-state index is 12.9. The molecule has 1 saturated heterocycles. The molecule has 4 nitrogen and oxygen atoms in total. The first-order valence-electron chi connectivity index (χ1n) is 6.73. The van der Waals surface area contributed by atoms with Crippen LogP contribution in [0.15, 0.2) is 24.3 Å². The molecule has 0 aromatic heterocycles. The molecule has 1 N–H and O–H groups in total. The number of carbonyl (C=O) groups is 2. The average Bonchev–Trinajstić information content (AvgIpc) is 2.41. The summed E-state index contributed by atoms with van der Waals surface area (Å²) in [4.78, 5) is 26.1. The van der Waals surface area contributed by atoms with Gasteiger partial charge in [-0.2, -0.15) is 0 Å². The Morgan fingerprint density at radius 2 is 1.85 bits per heavy atom. The van der Waals surface area contributed by atoms with Gasteiger partial charge in [0, 0.05) is 6.54 Å². The van der Waals surface area contributed by atoms with Crippen molar-refractivity contribution >= 4 is 11.8 Å². The zero-order valence-electron chi connectivity index (χ0n) is 11.9. The largest absolute Gasteiger partial charge is 0.342 e. The quantitative estimate of drug-likeness (QED) is 0.917. The molecule has 0 radical (unpaired) electrons. The van der Waals surface area contributed by atoms with Crippen molar-refractivity contribution < 1.29 is 14.0 Å². The summed E-state index contributed by atoms with van der Waals surface area (Å²) in [6.45, 7) is 5.60. The van der Waals surface area contributed by atoms with Crippen LogP contribution < -0.4 is 5.32 Å². The summed E-state index contributed by atoms with van der Waals surface area (Å²) in [6.07, 6.45) is 0.556. The summed E-state index contributed by atoms with van der Waals surface area (Å²) in [7, 11) is 0. The molecule has 1 atom stereocenters. The van der Waals surface area contributed by atoms with Gasteiger partial charge < -0.3 is 10.2 Å². The van der Waals surface area contributed by atoms with Gasteiger partial charge in [-0.1, -0.05) is 19.1 Å². The number of hydrogen-bond acceptors (Lipinski definition) is 2. The molecule has 1 aromatic rings. The highest BCUT2D eigenvalue weighted by molar-refractivity contribution is 5.99. The van der Waals surface area contributed by atoms with Crippen molar-refractivity contribution in [3.8, 4) is 0 Å². The van der Waals surface area contributed by atoms with E-state index in [0.717, 1.165) is 5.56 Å². The summed E-state index contributed by atoms with van der Waals surface area (Å²) >= 11 is 0. The van der Waals surface area contributed by atoms with Crippen molar-refractivity contribution in [2.75, 3.05) is 0 Å². The molecule has 5 heteroatoms. The Labute approximate surface area is 118 Å². The minimum absolute atomic E-state index is 0.0959.